The van der Waals surface area contributed by atoms with Crippen molar-refractivity contribution < 1.29 is 30.3 Å². The van der Waals surface area contributed by atoms with Crippen molar-refractivity contribution in [3.63, 3.8) is 0 Å². The molecule has 0 radical (unpaired) electrons. The molecule has 0 heterocycles. The average molecular weight is 181 g/mol. The van der Waals surface area contributed by atoms with Gasteiger partial charge >= 0.3 is 0 Å². The molecule has 3 atom stereocenters. The summed E-state index contributed by atoms with van der Waals surface area (Å²) >= 11 is 0. The number of aliphatic hydroxyl groups is 5. The minimum Gasteiger partial charge on any atom is -0.394 e. The number of hydrogen-bond acceptors (Lipinski definition) is 6. The lowest BCUT2D eigenvalue weighted by Crippen LogP contribution is -2.43. The fourth-order valence-corrected chi connectivity index (χ4v) is 0.577. The molecule has 0 amide bonds. The van der Waals surface area contributed by atoms with Gasteiger partial charge in [-0.2, -0.15) is 0 Å². The van der Waals surface area contributed by atoms with Crippen LogP contribution >= 0.6 is 0 Å². The van der Waals surface area contributed by atoms with Gasteiger partial charge in [0.15, 0.2) is 5.78 Å². The molecule has 72 valence electrons. The van der Waals surface area contributed by atoms with E-state index in [1.165, 1.54) is 0 Å². The van der Waals surface area contributed by atoms with Gasteiger partial charge in [-0.1, -0.05) is 0 Å². The van der Waals surface area contributed by atoms with E-state index in [0.29, 0.717) is 0 Å². The van der Waals surface area contributed by atoms with Gasteiger partial charge in [0.1, 0.15) is 18.3 Å². The highest BCUT2D eigenvalue weighted by Gasteiger charge is 2.28. The van der Waals surface area contributed by atoms with Gasteiger partial charge in [0.2, 0.25) is 0 Å². The van der Waals surface area contributed by atoms with Crippen LogP contribution in [0.25, 0.3) is 0 Å². The predicted molar refractivity (Wildman–Crippen MR) is 37.2 cm³/mol. The number of aliphatic hydroxyl groups excluding tert-OH is 5. The molecule has 5 N–H and O–H groups in total. The molecular formula is C6H12O6. The van der Waals surface area contributed by atoms with E-state index in [4.69, 9.17) is 25.5 Å². The van der Waals surface area contributed by atoms with Crippen LogP contribution in [0, 0.1) is 0 Å². The van der Waals surface area contributed by atoms with Crippen LogP contribution in [0.2, 0.25) is 0 Å². The van der Waals surface area contributed by atoms with Crippen LogP contribution < -0.4 is 0 Å². The van der Waals surface area contributed by atoms with Gasteiger partial charge in [0.05, 0.1) is 13.2 Å². The molecule has 0 unspecified atom stereocenters. The summed E-state index contributed by atoms with van der Waals surface area (Å²) in [4.78, 5) is 10.7. The average Bonchev–Trinajstić information content (AvgIpc) is 2.12. The Morgan fingerprint density at radius 2 is 1.58 bits per heavy atom. The highest BCUT2D eigenvalue weighted by atomic mass is 16.4. The maximum Gasteiger partial charge on any atom is 0.194 e. The first-order valence-corrected chi connectivity index (χ1v) is 3.34. The second-order valence-electron chi connectivity index (χ2n) is 2.30. The second-order valence-corrected chi connectivity index (χ2v) is 2.30. The fourth-order valence-electron chi connectivity index (χ4n) is 0.577. The molecule has 0 aromatic heterocycles. The maximum atomic E-state index is 10.7. The molecule has 12 heavy (non-hydrogen) atoms. The Bertz CT molecular complexity index is 147. The predicted octanol–water partition coefficient (Wildman–Crippen LogP) is -3.38. The summed E-state index contributed by atoms with van der Waals surface area (Å²) < 4.78 is 0. The van der Waals surface area contributed by atoms with E-state index in [2.05, 4.69) is 0 Å². The first-order chi connectivity index (χ1) is 5.54. The van der Waals surface area contributed by atoms with Gasteiger partial charge in [-0.3, -0.25) is 4.79 Å². The summed E-state index contributed by atoms with van der Waals surface area (Å²) in [5.41, 5.74) is 0. The van der Waals surface area contributed by atoms with Crippen molar-refractivity contribution in [1.29, 1.82) is 0 Å². The SMILES string of the molecule is O=C([C@H](O)CO)[C@H](O)[C@H](O)[13CH2]O. The lowest BCUT2D eigenvalue weighted by molar-refractivity contribution is -0.144. The van der Waals surface area contributed by atoms with Gasteiger partial charge in [0, 0.05) is 0 Å². The highest BCUT2D eigenvalue weighted by molar-refractivity contribution is 5.87. The van der Waals surface area contributed by atoms with Crippen LogP contribution in [0.1, 0.15) is 0 Å². The zero-order chi connectivity index (χ0) is 9.72. The van der Waals surface area contributed by atoms with Crippen molar-refractivity contribution >= 4 is 5.78 Å². The smallest absolute Gasteiger partial charge is 0.194 e. The number of hydrogen-bond donors (Lipinski definition) is 5. The minimum absolute atomic E-state index is 0.787. The van der Waals surface area contributed by atoms with Crippen LogP contribution in [-0.4, -0.2) is 62.8 Å². The van der Waals surface area contributed by atoms with E-state index in [1.807, 2.05) is 0 Å². The monoisotopic (exact) mass is 181 g/mol. The maximum absolute atomic E-state index is 10.7. The van der Waals surface area contributed by atoms with Crippen molar-refractivity contribution in [2.45, 2.75) is 18.3 Å². The molecular weight excluding hydrogens is 169 g/mol. The topological polar surface area (TPSA) is 118 Å². The molecule has 0 aliphatic carbocycles. The number of carbonyl (C=O) groups excluding carboxylic acids is 1. The van der Waals surface area contributed by atoms with Crippen molar-refractivity contribution in [1.82, 2.24) is 0 Å². The standard InChI is InChI=1S/C6H12O6/c7-1-3(9)5(11)6(12)4(10)2-8/h3-5,7-11H,1-2H2/t3-,4-,5-/m1/s1/i1+1. The van der Waals surface area contributed by atoms with Gasteiger partial charge < -0.3 is 25.5 Å². The summed E-state index contributed by atoms with van der Waals surface area (Å²) in [5.74, 6) is -1.11. The Morgan fingerprint density at radius 3 is 1.92 bits per heavy atom. The van der Waals surface area contributed by atoms with Gasteiger partial charge in [-0.15, -0.1) is 0 Å². The third-order valence-corrected chi connectivity index (χ3v) is 1.34. The van der Waals surface area contributed by atoms with E-state index >= 15 is 0 Å². The zero-order valence-corrected chi connectivity index (χ0v) is 6.29. The summed E-state index contributed by atoms with van der Waals surface area (Å²) in [5, 5.41) is 42.9. The Kier molecular flexibility index (Phi) is 4.95. The van der Waals surface area contributed by atoms with Crippen LogP contribution in [0.3, 0.4) is 0 Å². The molecule has 0 aromatic rings. The van der Waals surface area contributed by atoms with Crippen molar-refractivity contribution in [3.8, 4) is 0 Å². The number of rotatable bonds is 5. The Labute approximate surface area is 68.7 Å². The third kappa shape index (κ3) is 2.84. The van der Waals surface area contributed by atoms with E-state index < -0.39 is 37.3 Å². The van der Waals surface area contributed by atoms with E-state index in [0.717, 1.165) is 0 Å². The zero-order valence-electron chi connectivity index (χ0n) is 6.29. The molecule has 0 saturated carbocycles. The summed E-state index contributed by atoms with van der Waals surface area (Å²) in [6, 6.07) is 0. The third-order valence-electron chi connectivity index (χ3n) is 1.34. The lowest BCUT2D eigenvalue weighted by atomic mass is 10.1. The Morgan fingerprint density at radius 1 is 1.08 bits per heavy atom. The lowest BCUT2D eigenvalue weighted by Gasteiger charge is -2.16. The van der Waals surface area contributed by atoms with Gasteiger partial charge in [-0.25, -0.2) is 0 Å². The molecule has 6 nitrogen and oxygen atoms in total. The highest BCUT2D eigenvalue weighted by Crippen LogP contribution is 1.98. The van der Waals surface area contributed by atoms with Gasteiger partial charge in [-0.05, 0) is 0 Å². The van der Waals surface area contributed by atoms with Crippen molar-refractivity contribution in [2.24, 2.45) is 0 Å². The van der Waals surface area contributed by atoms with Gasteiger partial charge in [0.25, 0.3) is 0 Å². The molecule has 0 aromatic carbocycles. The molecule has 0 spiro atoms. The first-order valence-electron chi connectivity index (χ1n) is 3.34. The van der Waals surface area contributed by atoms with E-state index in [-0.39, 0.29) is 0 Å². The summed E-state index contributed by atoms with van der Waals surface area (Å²) in [6.45, 7) is -1.61. The molecule has 6 heteroatoms. The van der Waals surface area contributed by atoms with E-state index in [9.17, 15) is 4.79 Å². The summed E-state index contributed by atoms with van der Waals surface area (Å²) in [6.07, 6.45) is -5.21. The van der Waals surface area contributed by atoms with Crippen LogP contribution in [0.5, 0.6) is 0 Å². The van der Waals surface area contributed by atoms with Crippen LogP contribution in [-0.2, 0) is 4.79 Å². The molecule has 0 aliphatic rings. The Balaban J connectivity index is 4.09. The normalized spacial score (nSPS) is 18.4. The summed E-state index contributed by atoms with van der Waals surface area (Å²) in [7, 11) is 0. The fraction of sp³-hybridized carbons (Fsp3) is 0.833. The van der Waals surface area contributed by atoms with Crippen LogP contribution in [0.4, 0.5) is 0 Å². The van der Waals surface area contributed by atoms with Crippen molar-refractivity contribution in [3.05, 3.63) is 0 Å². The largest absolute Gasteiger partial charge is 0.394 e. The van der Waals surface area contributed by atoms with Crippen molar-refractivity contribution in [2.75, 3.05) is 13.2 Å². The molecule has 0 saturated heterocycles. The minimum atomic E-state index is -1.86. The number of carbonyl (C=O) groups is 1. The molecule has 0 fully saturated rings. The first kappa shape index (κ1) is 11.5. The van der Waals surface area contributed by atoms with E-state index in [1.54, 1.807) is 0 Å². The quantitative estimate of drug-likeness (QED) is 0.282. The molecule has 0 bridgehead atoms. The number of Topliss-reactive ketones (excluding diaryl/α,β-unsaturated/α-hetero) is 1. The molecule has 0 rings (SSSR count). The second kappa shape index (κ2) is 5.18. The van der Waals surface area contributed by atoms with Crippen LogP contribution in [0.15, 0.2) is 0 Å². The Hall–Kier alpha value is -0.530. The molecule has 0 aliphatic heterocycles. The number of ketones is 1.